The molecule has 0 spiro atoms. The maximum Gasteiger partial charge on any atom is 0.255 e. The summed E-state index contributed by atoms with van der Waals surface area (Å²) in [5, 5.41) is 4.33. The van der Waals surface area contributed by atoms with E-state index in [1.165, 1.54) is 10.8 Å². The van der Waals surface area contributed by atoms with Crippen LogP contribution in [0, 0.1) is 6.92 Å². The van der Waals surface area contributed by atoms with Crippen molar-refractivity contribution in [2.24, 2.45) is 0 Å². The topological polar surface area (TPSA) is 52.3 Å². The number of nitrogens with zero attached hydrogens (tertiary/aromatic N) is 4. The van der Waals surface area contributed by atoms with Crippen molar-refractivity contribution in [3.63, 3.8) is 0 Å². The lowest BCUT2D eigenvalue weighted by Crippen LogP contribution is -1.98. The Labute approximate surface area is 118 Å². The van der Waals surface area contributed by atoms with Crippen molar-refractivity contribution in [1.82, 2.24) is 19.6 Å². The van der Waals surface area contributed by atoms with E-state index < -0.39 is 0 Å². The van der Waals surface area contributed by atoms with Crippen molar-refractivity contribution in [2.75, 3.05) is 0 Å². The van der Waals surface area contributed by atoms with Crippen LogP contribution in [0.15, 0.2) is 30.6 Å². The molecule has 0 saturated heterocycles. The fourth-order valence-corrected chi connectivity index (χ4v) is 2.15. The molecular weight excluding hydrogens is 287 g/mol. The molecule has 0 aliphatic carbocycles. The Hall–Kier alpha value is -1.85. The summed E-state index contributed by atoms with van der Waals surface area (Å²) in [6, 6.07) is 7.53. The number of benzene rings is 1. The summed E-state index contributed by atoms with van der Waals surface area (Å²) in [4.78, 5) is 7.98. The average molecular weight is 295 g/mol. The van der Waals surface area contributed by atoms with Gasteiger partial charge in [0.05, 0.1) is 0 Å². The Morgan fingerprint density at radius 3 is 2.89 bits per heavy atom. The molecule has 3 rings (SSSR count). The van der Waals surface area contributed by atoms with Gasteiger partial charge in [-0.3, -0.25) is 0 Å². The number of hydrogen-bond donors (Lipinski definition) is 0. The molecule has 7 heteroatoms. The predicted octanol–water partition coefficient (Wildman–Crippen LogP) is 3.53. The number of aromatic nitrogens is 4. The van der Waals surface area contributed by atoms with Crippen molar-refractivity contribution in [2.45, 2.75) is 6.92 Å². The number of hydrogen-bond acceptors (Lipinski definition) is 4. The Morgan fingerprint density at radius 2 is 2.11 bits per heavy atom. The highest BCUT2D eigenvalue weighted by Crippen LogP contribution is 2.35. The predicted molar refractivity (Wildman–Crippen MR) is 72.1 cm³/mol. The molecule has 0 amide bonds. The third kappa shape index (κ3) is 2.22. The molecule has 0 unspecified atom stereocenters. The summed E-state index contributed by atoms with van der Waals surface area (Å²) in [5.41, 5.74) is 1.07. The maximum absolute atomic E-state index is 6.19. The van der Waals surface area contributed by atoms with E-state index in [1.54, 1.807) is 0 Å². The van der Waals surface area contributed by atoms with Crippen molar-refractivity contribution in [1.29, 1.82) is 0 Å². The lowest BCUT2D eigenvalue weighted by Gasteiger charge is -2.09. The molecule has 2 aromatic heterocycles. The van der Waals surface area contributed by atoms with Gasteiger partial charge in [0.15, 0.2) is 10.3 Å². The largest absolute Gasteiger partial charge is 0.451 e. The molecule has 0 fully saturated rings. The summed E-state index contributed by atoms with van der Waals surface area (Å²) in [6.45, 7) is 1.97. The minimum absolute atomic E-state index is 0.145. The smallest absolute Gasteiger partial charge is 0.255 e. The molecule has 2 heterocycles. The normalized spacial score (nSPS) is 10.9. The van der Waals surface area contributed by atoms with Crippen LogP contribution in [-0.2, 0) is 0 Å². The van der Waals surface area contributed by atoms with Gasteiger partial charge in [-0.15, -0.1) is 0 Å². The zero-order chi connectivity index (χ0) is 13.4. The van der Waals surface area contributed by atoms with Crippen molar-refractivity contribution in [3.05, 3.63) is 46.5 Å². The van der Waals surface area contributed by atoms with E-state index in [1.807, 2.05) is 31.2 Å². The Balaban J connectivity index is 2.09. The molecule has 19 heavy (non-hydrogen) atoms. The third-order valence-corrected chi connectivity index (χ3v) is 3.09. The molecule has 0 aliphatic rings. The molecule has 0 atom stereocenters. The van der Waals surface area contributed by atoms with Gasteiger partial charge in [0.1, 0.15) is 12.1 Å². The lowest BCUT2D eigenvalue weighted by molar-refractivity contribution is 0.476. The molecule has 96 valence electrons. The number of rotatable bonds is 2. The van der Waals surface area contributed by atoms with Crippen LogP contribution >= 0.6 is 23.2 Å². The Bertz CT molecular complexity index is 757. The van der Waals surface area contributed by atoms with Crippen molar-refractivity contribution in [3.8, 4) is 11.5 Å². The molecule has 1 aromatic carbocycles. The second-order valence-electron chi connectivity index (χ2n) is 3.91. The minimum Gasteiger partial charge on any atom is -0.451 e. The summed E-state index contributed by atoms with van der Waals surface area (Å²) >= 11 is 12.2. The van der Waals surface area contributed by atoms with Crippen LogP contribution in [0.3, 0.4) is 0 Å². The fraction of sp³-hybridized carbons (Fsp3) is 0.0833. The van der Waals surface area contributed by atoms with E-state index in [-0.39, 0.29) is 16.1 Å². The van der Waals surface area contributed by atoms with Crippen LogP contribution in [-0.4, -0.2) is 19.6 Å². The molecule has 5 nitrogen and oxygen atoms in total. The first-order chi connectivity index (χ1) is 9.15. The number of ether oxygens (including phenoxy) is 1. The second-order valence-corrected chi connectivity index (χ2v) is 4.63. The van der Waals surface area contributed by atoms with Gasteiger partial charge in [0.2, 0.25) is 5.75 Å². The standard InChI is InChI=1S/C12H8Cl2N4O/c1-7-3-2-4-8(5-7)19-9-10(13)17-12-15-6-16-18(12)11(9)14/h2-6H,1H3. The van der Waals surface area contributed by atoms with Crippen LogP contribution < -0.4 is 4.74 Å². The molecule has 0 radical (unpaired) electrons. The average Bonchev–Trinajstić information content (AvgIpc) is 2.83. The Kier molecular flexibility index (Phi) is 3.00. The van der Waals surface area contributed by atoms with Crippen molar-refractivity contribution < 1.29 is 4.74 Å². The number of aryl methyl sites for hydroxylation is 1. The minimum atomic E-state index is 0.145. The highest BCUT2D eigenvalue weighted by Gasteiger charge is 2.16. The van der Waals surface area contributed by atoms with Gasteiger partial charge in [-0.05, 0) is 24.6 Å². The van der Waals surface area contributed by atoms with Crippen LogP contribution in [0.1, 0.15) is 5.56 Å². The van der Waals surface area contributed by atoms with Gasteiger partial charge in [0.25, 0.3) is 5.78 Å². The van der Waals surface area contributed by atoms with E-state index >= 15 is 0 Å². The highest BCUT2D eigenvalue weighted by atomic mass is 35.5. The first-order valence-electron chi connectivity index (χ1n) is 5.44. The van der Waals surface area contributed by atoms with Crippen LogP contribution in [0.4, 0.5) is 0 Å². The summed E-state index contributed by atoms with van der Waals surface area (Å²) < 4.78 is 7.04. The molecule has 0 saturated carbocycles. The van der Waals surface area contributed by atoms with E-state index in [2.05, 4.69) is 15.1 Å². The van der Waals surface area contributed by atoms with E-state index in [9.17, 15) is 0 Å². The fourth-order valence-electron chi connectivity index (χ4n) is 1.65. The second kappa shape index (κ2) is 4.68. The maximum atomic E-state index is 6.19. The summed E-state index contributed by atoms with van der Waals surface area (Å²) in [6.07, 6.45) is 1.35. The number of halogens is 2. The summed E-state index contributed by atoms with van der Waals surface area (Å²) in [5.74, 6) is 1.21. The summed E-state index contributed by atoms with van der Waals surface area (Å²) in [7, 11) is 0. The third-order valence-electron chi connectivity index (χ3n) is 2.50. The zero-order valence-corrected chi connectivity index (χ0v) is 11.4. The van der Waals surface area contributed by atoms with Gasteiger partial charge in [-0.25, -0.2) is 0 Å². The van der Waals surface area contributed by atoms with Crippen LogP contribution in [0.25, 0.3) is 5.78 Å². The van der Waals surface area contributed by atoms with E-state index in [0.29, 0.717) is 11.5 Å². The van der Waals surface area contributed by atoms with Gasteiger partial charge in [0, 0.05) is 0 Å². The van der Waals surface area contributed by atoms with Crippen molar-refractivity contribution >= 4 is 29.0 Å². The molecule has 3 aromatic rings. The van der Waals surface area contributed by atoms with E-state index in [4.69, 9.17) is 27.9 Å². The first-order valence-corrected chi connectivity index (χ1v) is 6.20. The van der Waals surface area contributed by atoms with Gasteiger partial charge >= 0.3 is 0 Å². The zero-order valence-electron chi connectivity index (χ0n) is 9.84. The molecule has 0 bridgehead atoms. The quantitative estimate of drug-likeness (QED) is 0.679. The van der Waals surface area contributed by atoms with Crippen LogP contribution in [0.2, 0.25) is 10.3 Å². The van der Waals surface area contributed by atoms with Gasteiger partial charge in [-0.1, -0.05) is 35.3 Å². The molecule has 0 aliphatic heterocycles. The SMILES string of the molecule is Cc1cccc(Oc2c(Cl)nc3ncnn3c2Cl)c1. The Morgan fingerprint density at radius 1 is 1.26 bits per heavy atom. The monoisotopic (exact) mass is 294 g/mol. The lowest BCUT2D eigenvalue weighted by atomic mass is 10.2. The van der Waals surface area contributed by atoms with Crippen LogP contribution in [0.5, 0.6) is 11.5 Å². The molecule has 0 N–H and O–H groups in total. The van der Waals surface area contributed by atoms with Gasteiger partial charge < -0.3 is 4.74 Å². The number of fused-ring (bicyclic) bond motifs is 1. The van der Waals surface area contributed by atoms with E-state index in [0.717, 1.165) is 5.56 Å². The highest BCUT2D eigenvalue weighted by molar-refractivity contribution is 6.36. The first kappa shape index (κ1) is 12.2. The van der Waals surface area contributed by atoms with Gasteiger partial charge in [-0.2, -0.15) is 19.6 Å². The molecular formula is C12H8Cl2N4O.